The highest BCUT2D eigenvalue weighted by molar-refractivity contribution is 5.74. The van der Waals surface area contributed by atoms with Gasteiger partial charge in [-0.05, 0) is 24.6 Å². The molecule has 0 radical (unpaired) electrons. The fourth-order valence-electron chi connectivity index (χ4n) is 3.24. The number of hydrogen-bond donors (Lipinski definition) is 0. The SMILES string of the molecule is CCOC(COCC1CN(Cc2ccccc2)c2ccccc2O1)C(=O)OC. The number of anilines is 1. The minimum absolute atomic E-state index is 0.140. The molecule has 0 saturated carbocycles. The summed E-state index contributed by atoms with van der Waals surface area (Å²) in [7, 11) is 1.34. The lowest BCUT2D eigenvalue weighted by atomic mass is 10.1. The van der Waals surface area contributed by atoms with Crippen LogP contribution in [0.15, 0.2) is 54.6 Å². The van der Waals surface area contributed by atoms with Crippen molar-refractivity contribution in [1.29, 1.82) is 0 Å². The van der Waals surface area contributed by atoms with Crippen LogP contribution in [0.3, 0.4) is 0 Å². The molecule has 0 fully saturated rings. The monoisotopic (exact) mass is 385 g/mol. The minimum Gasteiger partial charge on any atom is -0.484 e. The molecule has 0 saturated heterocycles. The Morgan fingerprint density at radius 1 is 1.18 bits per heavy atom. The van der Waals surface area contributed by atoms with Crippen LogP contribution in [0, 0.1) is 0 Å². The lowest BCUT2D eigenvalue weighted by Crippen LogP contribution is -2.43. The molecule has 2 aromatic rings. The molecule has 0 aromatic heterocycles. The second kappa shape index (κ2) is 10.1. The Kier molecular flexibility index (Phi) is 7.28. The first kappa shape index (κ1) is 20.2. The van der Waals surface area contributed by atoms with Gasteiger partial charge in [-0.1, -0.05) is 42.5 Å². The normalized spacial score (nSPS) is 16.8. The topological polar surface area (TPSA) is 57.2 Å². The Morgan fingerprint density at radius 3 is 2.68 bits per heavy atom. The molecule has 0 bridgehead atoms. The van der Waals surface area contributed by atoms with E-state index >= 15 is 0 Å². The summed E-state index contributed by atoms with van der Waals surface area (Å²) < 4.78 is 22.0. The molecule has 6 heteroatoms. The van der Waals surface area contributed by atoms with E-state index in [1.165, 1.54) is 12.7 Å². The summed E-state index contributed by atoms with van der Waals surface area (Å²) in [6, 6.07) is 18.4. The zero-order valence-electron chi connectivity index (χ0n) is 16.4. The molecule has 0 N–H and O–H groups in total. The molecule has 2 atom stereocenters. The molecule has 2 unspecified atom stereocenters. The van der Waals surface area contributed by atoms with E-state index in [-0.39, 0.29) is 12.7 Å². The Morgan fingerprint density at radius 2 is 1.93 bits per heavy atom. The molecular weight excluding hydrogens is 358 g/mol. The maximum Gasteiger partial charge on any atom is 0.337 e. The van der Waals surface area contributed by atoms with Gasteiger partial charge in [-0.15, -0.1) is 0 Å². The number of para-hydroxylation sites is 2. The lowest BCUT2D eigenvalue weighted by molar-refractivity contribution is -0.158. The third-order valence-electron chi connectivity index (χ3n) is 4.54. The summed E-state index contributed by atoms with van der Waals surface area (Å²) in [6.07, 6.45) is -0.857. The van der Waals surface area contributed by atoms with Gasteiger partial charge in [-0.3, -0.25) is 0 Å². The number of methoxy groups -OCH3 is 1. The molecule has 0 amide bonds. The van der Waals surface area contributed by atoms with Crippen LogP contribution in [0.4, 0.5) is 5.69 Å². The quantitative estimate of drug-likeness (QED) is 0.619. The molecular formula is C22H27NO5. The van der Waals surface area contributed by atoms with Crippen LogP contribution in [0.5, 0.6) is 5.75 Å². The third-order valence-corrected chi connectivity index (χ3v) is 4.54. The Labute approximate surface area is 166 Å². The van der Waals surface area contributed by atoms with E-state index in [0.717, 1.165) is 18.0 Å². The maximum absolute atomic E-state index is 11.7. The number of benzene rings is 2. The molecule has 1 heterocycles. The van der Waals surface area contributed by atoms with Crippen molar-refractivity contribution in [2.45, 2.75) is 25.7 Å². The molecule has 1 aliphatic heterocycles. The van der Waals surface area contributed by atoms with Crippen LogP contribution in [0.2, 0.25) is 0 Å². The second-order valence-electron chi connectivity index (χ2n) is 6.58. The van der Waals surface area contributed by atoms with Crippen LogP contribution < -0.4 is 9.64 Å². The van der Waals surface area contributed by atoms with E-state index in [1.54, 1.807) is 0 Å². The van der Waals surface area contributed by atoms with Crippen molar-refractivity contribution in [3.63, 3.8) is 0 Å². The van der Waals surface area contributed by atoms with Gasteiger partial charge >= 0.3 is 5.97 Å². The molecule has 6 nitrogen and oxygen atoms in total. The summed E-state index contributed by atoms with van der Waals surface area (Å²) in [5.41, 5.74) is 2.31. The molecule has 28 heavy (non-hydrogen) atoms. The fourth-order valence-corrected chi connectivity index (χ4v) is 3.24. The number of nitrogens with zero attached hydrogens (tertiary/aromatic N) is 1. The summed E-state index contributed by atoms with van der Waals surface area (Å²) in [5.74, 6) is 0.412. The van der Waals surface area contributed by atoms with Gasteiger partial charge in [-0.2, -0.15) is 0 Å². The second-order valence-corrected chi connectivity index (χ2v) is 6.58. The average molecular weight is 385 g/mol. The molecule has 0 aliphatic carbocycles. The predicted molar refractivity (Wildman–Crippen MR) is 107 cm³/mol. The van der Waals surface area contributed by atoms with Crippen molar-refractivity contribution < 1.29 is 23.7 Å². The number of carbonyl (C=O) groups excluding carboxylic acids is 1. The van der Waals surface area contributed by atoms with Crippen molar-refractivity contribution in [2.75, 3.05) is 38.4 Å². The largest absolute Gasteiger partial charge is 0.484 e. The third kappa shape index (κ3) is 5.24. The highest BCUT2D eigenvalue weighted by Gasteiger charge is 2.27. The van der Waals surface area contributed by atoms with Crippen LogP contribution in [-0.4, -0.2) is 51.7 Å². The van der Waals surface area contributed by atoms with Gasteiger partial charge in [0, 0.05) is 13.2 Å². The van der Waals surface area contributed by atoms with Crippen LogP contribution >= 0.6 is 0 Å². The molecule has 3 rings (SSSR count). The first-order valence-electron chi connectivity index (χ1n) is 9.53. The predicted octanol–water partition coefficient (Wildman–Crippen LogP) is 3.05. The van der Waals surface area contributed by atoms with E-state index in [9.17, 15) is 4.79 Å². The fraction of sp³-hybridized carbons (Fsp3) is 0.409. The zero-order chi connectivity index (χ0) is 19.8. The van der Waals surface area contributed by atoms with Crippen molar-refractivity contribution in [3.8, 4) is 5.75 Å². The molecule has 1 aliphatic rings. The van der Waals surface area contributed by atoms with E-state index in [4.69, 9.17) is 18.9 Å². The van der Waals surface area contributed by atoms with Crippen molar-refractivity contribution in [3.05, 3.63) is 60.2 Å². The van der Waals surface area contributed by atoms with E-state index < -0.39 is 12.1 Å². The van der Waals surface area contributed by atoms with Gasteiger partial charge in [0.2, 0.25) is 0 Å². The molecule has 0 spiro atoms. The zero-order valence-corrected chi connectivity index (χ0v) is 16.4. The number of carbonyl (C=O) groups is 1. The maximum atomic E-state index is 11.7. The molecule has 2 aromatic carbocycles. The van der Waals surface area contributed by atoms with E-state index in [2.05, 4.69) is 23.1 Å². The Hall–Kier alpha value is -2.57. The van der Waals surface area contributed by atoms with Crippen LogP contribution in [0.1, 0.15) is 12.5 Å². The van der Waals surface area contributed by atoms with Gasteiger partial charge < -0.3 is 23.8 Å². The minimum atomic E-state index is -0.716. The Bertz CT molecular complexity index is 752. The summed E-state index contributed by atoms with van der Waals surface area (Å²) in [4.78, 5) is 14.0. The van der Waals surface area contributed by atoms with Gasteiger partial charge in [0.25, 0.3) is 0 Å². The van der Waals surface area contributed by atoms with Crippen molar-refractivity contribution in [2.24, 2.45) is 0 Å². The van der Waals surface area contributed by atoms with E-state index in [1.807, 2.05) is 43.3 Å². The lowest BCUT2D eigenvalue weighted by Gasteiger charge is -2.36. The molecule has 150 valence electrons. The summed E-state index contributed by atoms with van der Waals surface area (Å²) in [5, 5.41) is 0. The van der Waals surface area contributed by atoms with Crippen molar-refractivity contribution in [1.82, 2.24) is 0 Å². The highest BCUT2D eigenvalue weighted by atomic mass is 16.6. The number of fused-ring (bicyclic) bond motifs is 1. The van der Waals surface area contributed by atoms with Crippen molar-refractivity contribution >= 4 is 11.7 Å². The van der Waals surface area contributed by atoms with Gasteiger partial charge in [0.15, 0.2) is 6.10 Å². The highest BCUT2D eigenvalue weighted by Crippen LogP contribution is 2.34. The number of hydrogen-bond acceptors (Lipinski definition) is 6. The first-order valence-corrected chi connectivity index (χ1v) is 9.53. The summed E-state index contributed by atoms with van der Waals surface area (Å²) in [6.45, 7) is 4.24. The number of esters is 1. The number of rotatable bonds is 9. The number of ether oxygens (including phenoxy) is 4. The van der Waals surface area contributed by atoms with Gasteiger partial charge in [0.1, 0.15) is 11.9 Å². The summed E-state index contributed by atoms with van der Waals surface area (Å²) >= 11 is 0. The van der Waals surface area contributed by atoms with E-state index in [0.29, 0.717) is 19.8 Å². The standard InChI is InChI=1S/C22H27NO5/c1-3-27-21(22(24)25-2)16-26-15-18-14-23(13-17-9-5-4-6-10-17)19-11-7-8-12-20(19)28-18/h4-12,18,21H,3,13-16H2,1-2H3. The average Bonchev–Trinajstić information content (AvgIpc) is 2.73. The van der Waals surface area contributed by atoms with Crippen LogP contribution in [-0.2, 0) is 25.5 Å². The smallest absolute Gasteiger partial charge is 0.337 e. The Balaban J connectivity index is 1.62. The first-order chi connectivity index (χ1) is 13.7. The van der Waals surface area contributed by atoms with Gasteiger partial charge in [-0.25, -0.2) is 4.79 Å². The van der Waals surface area contributed by atoms with Gasteiger partial charge in [0.05, 0.1) is 32.6 Å². The van der Waals surface area contributed by atoms with Crippen LogP contribution in [0.25, 0.3) is 0 Å².